The van der Waals surface area contributed by atoms with E-state index >= 15 is 0 Å². The molecule has 0 saturated heterocycles. The Balaban J connectivity index is 3.41. The quantitative estimate of drug-likeness (QED) is 0.375. The molecule has 1 heteroatoms. The monoisotopic (exact) mass is 242 g/mol. The Kier molecular flexibility index (Phi) is 14.0. The fourth-order valence-electron chi connectivity index (χ4n) is 2.32. The molecular formula is C16H34O. The highest BCUT2D eigenvalue weighted by Crippen LogP contribution is 2.15. The first-order chi connectivity index (χ1) is 8.35. The molecule has 0 heterocycles. The van der Waals surface area contributed by atoms with E-state index in [9.17, 15) is 0 Å². The van der Waals surface area contributed by atoms with Crippen molar-refractivity contribution >= 4 is 0 Å². The summed E-state index contributed by atoms with van der Waals surface area (Å²) in [4.78, 5) is 0. The smallest absolute Gasteiger partial charge is 0.0575 e. The number of hydrogen-bond acceptors (Lipinski definition) is 1. The maximum absolute atomic E-state index is 5.82. The molecule has 0 aliphatic carbocycles. The van der Waals surface area contributed by atoms with E-state index < -0.39 is 0 Å². The third-order valence-electron chi connectivity index (χ3n) is 3.41. The van der Waals surface area contributed by atoms with Crippen LogP contribution in [-0.4, -0.2) is 12.7 Å². The normalized spacial score (nSPS) is 12.9. The molecule has 0 fully saturated rings. The summed E-state index contributed by atoms with van der Waals surface area (Å²) in [6.07, 6.45) is 15.5. The van der Waals surface area contributed by atoms with Crippen LogP contribution in [0.2, 0.25) is 0 Å². The van der Waals surface area contributed by atoms with Crippen molar-refractivity contribution in [3.05, 3.63) is 0 Å². The van der Waals surface area contributed by atoms with Crippen LogP contribution in [0.25, 0.3) is 0 Å². The molecule has 0 bridgehead atoms. The summed E-state index contributed by atoms with van der Waals surface area (Å²) in [5.74, 6) is 0. The minimum atomic E-state index is 0.540. The molecule has 0 spiro atoms. The number of unbranched alkanes of at least 4 members (excludes halogenated alkanes) is 7. The van der Waals surface area contributed by atoms with Gasteiger partial charge < -0.3 is 4.74 Å². The van der Waals surface area contributed by atoms with E-state index in [4.69, 9.17) is 4.74 Å². The molecule has 0 aliphatic rings. The van der Waals surface area contributed by atoms with Gasteiger partial charge in [-0.1, -0.05) is 71.6 Å². The minimum Gasteiger partial charge on any atom is -0.379 e. The third-order valence-corrected chi connectivity index (χ3v) is 3.41. The number of hydrogen-bond donors (Lipinski definition) is 0. The van der Waals surface area contributed by atoms with E-state index in [1.165, 1.54) is 70.6 Å². The van der Waals surface area contributed by atoms with Gasteiger partial charge in [0.2, 0.25) is 0 Å². The lowest BCUT2D eigenvalue weighted by Gasteiger charge is -2.16. The predicted octanol–water partition coefficient (Wildman–Crippen LogP) is 5.72. The van der Waals surface area contributed by atoms with Gasteiger partial charge in [0.15, 0.2) is 0 Å². The van der Waals surface area contributed by atoms with E-state index in [0.29, 0.717) is 6.10 Å². The summed E-state index contributed by atoms with van der Waals surface area (Å²) in [7, 11) is 0. The third kappa shape index (κ3) is 12.2. The molecule has 0 aromatic rings. The van der Waals surface area contributed by atoms with Gasteiger partial charge in [0.1, 0.15) is 0 Å². The Bertz CT molecular complexity index is 133. The molecule has 0 aromatic carbocycles. The van der Waals surface area contributed by atoms with Gasteiger partial charge >= 0.3 is 0 Å². The van der Waals surface area contributed by atoms with Gasteiger partial charge in [0, 0.05) is 6.61 Å². The van der Waals surface area contributed by atoms with E-state index in [1.54, 1.807) is 0 Å². The number of ether oxygens (including phenoxy) is 1. The van der Waals surface area contributed by atoms with E-state index in [0.717, 1.165) is 6.61 Å². The largest absolute Gasteiger partial charge is 0.379 e. The van der Waals surface area contributed by atoms with Gasteiger partial charge in [0.05, 0.1) is 6.10 Å². The summed E-state index contributed by atoms with van der Waals surface area (Å²) in [6, 6.07) is 0. The molecule has 1 atom stereocenters. The van der Waals surface area contributed by atoms with Gasteiger partial charge in [-0.15, -0.1) is 0 Å². The SMILES string of the molecule is CCCCCCCCC(CCCCC)OCC. The maximum atomic E-state index is 5.82. The predicted molar refractivity (Wildman–Crippen MR) is 77.5 cm³/mol. The molecule has 0 rings (SSSR count). The molecule has 0 N–H and O–H groups in total. The molecule has 0 amide bonds. The van der Waals surface area contributed by atoms with Crippen LogP contribution in [-0.2, 0) is 4.74 Å². The molecule has 0 radical (unpaired) electrons. The molecule has 104 valence electrons. The first kappa shape index (κ1) is 17.0. The molecular weight excluding hydrogens is 208 g/mol. The Morgan fingerprint density at radius 3 is 1.71 bits per heavy atom. The Morgan fingerprint density at radius 1 is 0.647 bits per heavy atom. The zero-order chi connectivity index (χ0) is 12.8. The van der Waals surface area contributed by atoms with Crippen molar-refractivity contribution in [2.45, 2.75) is 97.5 Å². The average Bonchev–Trinajstić information content (AvgIpc) is 2.34. The lowest BCUT2D eigenvalue weighted by Crippen LogP contribution is -2.12. The number of rotatable bonds is 13. The molecule has 17 heavy (non-hydrogen) atoms. The fraction of sp³-hybridized carbons (Fsp3) is 1.00. The van der Waals surface area contributed by atoms with Crippen molar-refractivity contribution in [2.24, 2.45) is 0 Å². The van der Waals surface area contributed by atoms with Crippen molar-refractivity contribution in [3.63, 3.8) is 0 Å². The summed E-state index contributed by atoms with van der Waals surface area (Å²) < 4.78 is 5.82. The van der Waals surface area contributed by atoms with Gasteiger partial charge in [-0.05, 0) is 19.8 Å². The van der Waals surface area contributed by atoms with Crippen LogP contribution >= 0.6 is 0 Å². The second-order valence-corrected chi connectivity index (χ2v) is 5.13. The second kappa shape index (κ2) is 14.0. The van der Waals surface area contributed by atoms with Gasteiger partial charge in [-0.25, -0.2) is 0 Å². The first-order valence-corrected chi connectivity index (χ1v) is 7.96. The maximum Gasteiger partial charge on any atom is 0.0575 e. The standard InChI is InChI=1S/C16H34O/c1-4-7-9-10-11-13-15-16(17-6-3)14-12-8-5-2/h16H,4-15H2,1-3H3. The van der Waals surface area contributed by atoms with E-state index in [-0.39, 0.29) is 0 Å². The van der Waals surface area contributed by atoms with E-state index in [1.807, 2.05) is 0 Å². The van der Waals surface area contributed by atoms with Crippen molar-refractivity contribution in [1.29, 1.82) is 0 Å². The molecule has 0 aromatic heterocycles. The van der Waals surface area contributed by atoms with Gasteiger partial charge in [0.25, 0.3) is 0 Å². The fourth-order valence-corrected chi connectivity index (χ4v) is 2.32. The van der Waals surface area contributed by atoms with Crippen LogP contribution < -0.4 is 0 Å². The van der Waals surface area contributed by atoms with Crippen LogP contribution in [0.15, 0.2) is 0 Å². The van der Waals surface area contributed by atoms with E-state index in [2.05, 4.69) is 20.8 Å². The minimum absolute atomic E-state index is 0.540. The highest BCUT2D eigenvalue weighted by atomic mass is 16.5. The molecule has 0 aliphatic heterocycles. The Hall–Kier alpha value is -0.0400. The highest BCUT2D eigenvalue weighted by Gasteiger charge is 2.07. The van der Waals surface area contributed by atoms with Crippen LogP contribution in [0.4, 0.5) is 0 Å². The molecule has 1 nitrogen and oxygen atoms in total. The lowest BCUT2D eigenvalue weighted by molar-refractivity contribution is 0.0471. The average molecular weight is 242 g/mol. The summed E-state index contributed by atoms with van der Waals surface area (Å²) >= 11 is 0. The molecule has 0 saturated carbocycles. The van der Waals surface area contributed by atoms with Crippen LogP contribution in [0.5, 0.6) is 0 Å². The zero-order valence-corrected chi connectivity index (χ0v) is 12.5. The van der Waals surface area contributed by atoms with Crippen LogP contribution in [0.3, 0.4) is 0 Å². The summed E-state index contributed by atoms with van der Waals surface area (Å²) in [5, 5.41) is 0. The van der Waals surface area contributed by atoms with Crippen LogP contribution in [0.1, 0.15) is 91.4 Å². The Morgan fingerprint density at radius 2 is 1.12 bits per heavy atom. The topological polar surface area (TPSA) is 9.23 Å². The zero-order valence-electron chi connectivity index (χ0n) is 12.5. The highest BCUT2D eigenvalue weighted by molar-refractivity contribution is 4.59. The molecule has 1 unspecified atom stereocenters. The second-order valence-electron chi connectivity index (χ2n) is 5.13. The van der Waals surface area contributed by atoms with Gasteiger partial charge in [-0.3, -0.25) is 0 Å². The van der Waals surface area contributed by atoms with Crippen molar-refractivity contribution < 1.29 is 4.74 Å². The van der Waals surface area contributed by atoms with Gasteiger partial charge in [-0.2, -0.15) is 0 Å². The Labute approximate surface area is 109 Å². The summed E-state index contributed by atoms with van der Waals surface area (Å²) in [5.41, 5.74) is 0. The van der Waals surface area contributed by atoms with Crippen molar-refractivity contribution in [3.8, 4) is 0 Å². The summed E-state index contributed by atoms with van der Waals surface area (Å²) in [6.45, 7) is 7.54. The van der Waals surface area contributed by atoms with Crippen LogP contribution in [0, 0.1) is 0 Å². The van der Waals surface area contributed by atoms with Crippen molar-refractivity contribution in [1.82, 2.24) is 0 Å². The lowest BCUT2D eigenvalue weighted by atomic mass is 10.0. The van der Waals surface area contributed by atoms with Crippen molar-refractivity contribution in [2.75, 3.05) is 6.61 Å². The first-order valence-electron chi connectivity index (χ1n) is 7.96.